The van der Waals surface area contributed by atoms with Gasteiger partial charge in [-0.25, -0.2) is 4.79 Å². The van der Waals surface area contributed by atoms with Crippen LogP contribution in [0.3, 0.4) is 0 Å². The van der Waals surface area contributed by atoms with Crippen molar-refractivity contribution in [2.45, 2.75) is 32.1 Å². The van der Waals surface area contributed by atoms with Crippen LogP contribution < -0.4 is 5.32 Å². The average Bonchev–Trinajstić information content (AvgIpc) is 2.02. The van der Waals surface area contributed by atoms with E-state index in [-0.39, 0.29) is 0 Å². The molecule has 0 heterocycles. The van der Waals surface area contributed by atoms with Crippen LogP contribution in [0.5, 0.6) is 0 Å². The van der Waals surface area contributed by atoms with Crippen molar-refractivity contribution in [3.63, 3.8) is 0 Å². The summed E-state index contributed by atoms with van der Waals surface area (Å²) in [6.45, 7) is 0.547. The summed E-state index contributed by atoms with van der Waals surface area (Å²) in [5.74, 6) is 2.57. The lowest BCUT2D eigenvalue weighted by Gasteiger charge is -1.99. The van der Waals surface area contributed by atoms with Gasteiger partial charge in [-0.1, -0.05) is 12.8 Å². The Hall–Kier alpha value is -1.17. The van der Waals surface area contributed by atoms with Crippen molar-refractivity contribution >= 4 is 6.09 Å². The lowest BCUT2D eigenvalue weighted by atomic mass is 10.1. The van der Waals surface area contributed by atoms with E-state index in [2.05, 4.69) is 11.2 Å². The fourth-order valence-electron chi connectivity index (χ4n) is 0.901. The second-order valence-corrected chi connectivity index (χ2v) is 2.60. The fraction of sp³-hybridized carbons (Fsp3) is 0.667. The molecule has 0 aliphatic heterocycles. The number of carbonyl (C=O) groups is 1. The summed E-state index contributed by atoms with van der Waals surface area (Å²) in [4.78, 5) is 10.00. The second kappa shape index (κ2) is 7.93. The summed E-state index contributed by atoms with van der Waals surface area (Å²) in [5, 5.41) is 10.5. The predicted molar refractivity (Wildman–Crippen MR) is 47.9 cm³/mol. The molecule has 3 heteroatoms. The Morgan fingerprint density at radius 3 is 2.58 bits per heavy atom. The third kappa shape index (κ3) is 8.83. The van der Waals surface area contributed by atoms with Crippen LogP contribution in [0.2, 0.25) is 0 Å². The molecule has 0 unspecified atom stereocenters. The summed E-state index contributed by atoms with van der Waals surface area (Å²) in [7, 11) is 0. The molecule has 0 saturated heterocycles. The number of nitrogens with one attached hydrogen (secondary N) is 1. The van der Waals surface area contributed by atoms with Gasteiger partial charge in [0, 0.05) is 13.0 Å². The van der Waals surface area contributed by atoms with Crippen molar-refractivity contribution in [2.24, 2.45) is 0 Å². The second-order valence-electron chi connectivity index (χ2n) is 2.60. The minimum atomic E-state index is -0.946. The minimum absolute atomic E-state index is 0.547. The van der Waals surface area contributed by atoms with E-state index in [1.165, 1.54) is 0 Å². The summed E-state index contributed by atoms with van der Waals surface area (Å²) < 4.78 is 0. The molecule has 2 N–H and O–H groups in total. The predicted octanol–water partition coefficient (Wildman–Crippen LogP) is 1.84. The van der Waals surface area contributed by atoms with Crippen molar-refractivity contribution in [3.05, 3.63) is 0 Å². The summed E-state index contributed by atoms with van der Waals surface area (Å²) in [6.07, 6.45) is 9.03. The van der Waals surface area contributed by atoms with Crippen LogP contribution >= 0.6 is 0 Å². The number of terminal acetylenes is 1. The van der Waals surface area contributed by atoms with Crippen LogP contribution in [0.25, 0.3) is 0 Å². The number of amides is 1. The first-order valence-corrected chi connectivity index (χ1v) is 4.17. The van der Waals surface area contributed by atoms with Crippen molar-refractivity contribution in [2.75, 3.05) is 6.54 Å². The SMILES string of the molecule is C#CCCCCCCNC(=O)O. The molecule has 1 amide bonds. The van der Waals surface area contributed by atoms with Gasteiger partial charge in [-0.15, -0.1) is 12.3 Å². The molecule has 0 radical (unpaired) electrons. The smallest absolute Gasteiger partial charge is 0.404 e. The number of unbranched alkanes of at least 4 members (excludes halogenated alkanes) is 4. The summed E-state index contributed by atoms with van der Waals surface area (Å²) >= 11 is 0. The maximum Gasteiger partial charge on any atom is 0.404 e. The number of rotatable bonds is 6. The molecule has 0 bridgehead atoms. The quantitative estimate of drug-likeness (QED) is 0.471. The maximum atomic E-state index is 10.00. The third-order valence-corrected chi connectivity index (χ3v) is 1.52. The van der Waals surface area contributed by atoms with Crippen LogP contribution in [-0.2, 0) is 0 Å². The zero-order valence-corrected chi connectivity index (χ0v) is 7.18. The Bertz CT molecular complexity index is 160. The zero-order chi connectivity index (χ0) is 9.23. The van der Waals surface area contributed by atoms with Crippen LogP contribution in [-0.4, -0.2) is 17.7 Å². The highest BCUT2D eigenvalue weighted by atomic mass is 16.4. The van der Waals surface area contributed by atoms with Crippen molar-refractivity contribution in [1.29, 1.82) is 0 Å². The molecule has 0 atom stereocenters. The van der Waals surface area contributed by atoms with E-state index < -0.39 is 6.09 Å². The van der Waals surface area contributed by atoms with Crippen LogP contribution in [0, 0.1) is 12.3 Å². The van der Waals surface area contributed by atoms with Gasteiger partial charge in [0.15, 0.2) is 0 Å². The van der Waals surface area contributed by atoms with Crippen molar-refractivity contribution in [1.82, 2.24) is 5.32 Å². The molecule has 0 saturated carbocycles. The Labute approximate surface area is 73.2 Å². The molecular weight excluding hydrogens is 154 g/mol. The van der Waals surface area contributed by atoms with E-state index >= 15 is 0 Å². The van der Waals surface area contributed by atoms with Crippen LogP contribution in [0.4, 0.5) is 4.79 Å². The molecule has 0 aliphatic carbocycles. The van der Waals surface area contributed by atoms with E-state index in [0.29, 0.717) is 6.54 Å². The molecular formula is C9H15NO2. The fourth-order valence-corrected chi connectivity index (χ4v) is 0.901. The first kappa shape index (κ1) is 10.8. The highest BCUT2D eigenvalue weighted by Crippen LogP contribution is 2.00. The molecule has 0 rings (SSSR count). The highest BCUT2D eigenvalue weighted by Gasteiger charge is 1.92. The van der Waals surface area contributed by atoms with Gasteiger partial charge >= 0.3 is 6.09 Å². The molecule has 0 aliphatic rings. The van der Waals surface area contributed by atoms with E-state index in [1.54, 1.807) is 0 Å². The Morgan fingerprint density at radius 1 is 1.33 bits per heavy atom. The van der Waals surface area contributed by atoms with Gasteiger partial charge in [0.05, 0.1) is 0 Å². The molecule has 0 aromatic carbocycles. The standard InChI is InChI=1S/C9H15NO2/c1-2-3-4-5-6-7-8-10-9(11)12/h1,10H,3-8H2,(H,11,12). The Morgan fingerprint density at radius 2 is 2.00 bits per heavy atom. The maximum absolute atomic E-state index is 10.00. The first-order valence-electron chi connectivity index (χ1n) is 4.17. The van der Waals surface area contributed by atoms with Gasteiger partial charge in [-0.2, -0.15) is 0 Å². The number of hydrogen-bond acceptors (Lipinski definition) is 1. The Balaban J connectivity index is 2.92. The third-order valence-electron chi connectivity index (χ3n) is 1.52. The topological polar surface area (TPSA) is 49.3 Å². The van der Waals surface area contributed by atoms with Gasteiger partial charge < -0.3 is 10.4 Å². The molecule has 0 aromatic rings. The molecule has 68 valence electrons. The van der Waals surface area contributed by atoms with Gasteiger partial charge in [0.25, 0.3) is 0 Å². The van der Waals surface area contributed by atoms with E-state index in [1.807, 2.05) is 0 Å². The van der Waals surface area contributed by atoms with Gasteiger partial charge in [0.1, 0.15) is 0 Å². The number of carboxylic acid groups (broad SMARTS) is 1. The van der Waals surface area contributed by atoms with Crippen molar-refractivity contribution < 1.29 is 9.90 Å². The lowest BCUT2D eigenvalue weighted by molar-refractivity contribution is 0.194. The van der Waals surface area contributed by atoms with E-state index in [0.717, 1.165) is 32.1 Å². The van der Waals surface area contributed by atoms with Gasteiger partial charge in [-0.3, -0.25) is 0 Å². The van der Waals surface area contributed by atoms with Gasteiger partial charge in [0.2, 0.25) is 0 Å². The van der Waals surface area contributed by atoms with E-state index in [4.69, 9.17) is 11.5 Å². The molecule has 0 fully saturated rings. The van der Waals surface area contributed by atoms with Crippen molar-refractivity contribution in [3.8, 4) is 12.3 Å². The normalized spacial score (nSPS) is 8.92. The van der Waals surface area contributed by atoms with Gasteiger partial charge in [-0.05, 0) is 12.8 Å². The van der Waals surface area contributed by atoms with Crippen LogP contribution in [0.1, 0.15) is 32.1 Å². The van der Waals surface area contributed by atoms with E-state index in [9.17, 15) is 4.79 Å². The minimum Gasteiger partial charge on any atom is -0.465 e. The molecule has 12 heavy (non-hydrogen) atoms. The molecule has 0 spiro atoms. The molecule has 3 nitrogen and oxygen atoms in total. The first-order chi connectivity index (χ1) is 5.77. The number of hydrogen-bond donors (Lipinski definition) is 2. The van der Waals surface area contributed by atoms with Crippen LogP contribution in [0.15, 0.2) is 0 Å². The summed E-state index contributed by atoms with van der Waals surface area (Å²) in [6, 6.07) is 0. The molecule has 0 aromatic heterocycles. The monoisotopic (exact) mass is 169 g/mol. The Kier molecular flexibility index (Phi) is 7.16. The highest BCUT2D eigenvalue weighted by molar-refractivity contribution is 5.64. The average molecular weight is 169 g/mol. The zero-order valence-electron chi connectivity index (χ0n) is 7.18. The summed E-state index contributed by atoms with van der Waals surface area (Å²) in [5.41, 5.74) is 0. The largest absolute Gasteiger partial charge is 0.465 e. The lowest BCUT2D eigenvalue weighted by Crippen LogP contribution is -2.21.